The summed E-state index contributed by atoms with van der Waals surface area (Å²) in [7, 11) is 1.63. The molecule has 4 rings (SSSR count). The minimum Gasteiger partial charge on any atom is -0.491 e. The molecule has 2 aromatic heterocycles. The number of nitrogen functional groups attached to an aromatic ring is 1. The number of ether oxygens (including phenoxy) is 2. The number of halogens is 1. The predicted molar refractivity (Wildman–Crippen MR) is 108 cm³/mol. The second-order valence-electron chi connectivity index (χ2n) is 6.48. The maximum absolute atomic E-state index is 14.5. The second kappa shape index (κ2) is 8.24. The maximum Gasteiger partial charge on any atom is 0.184 e. The Morgan fingerprint density at radius 2 is 1.90 bits per heavy atom. The van der Waals surface area contributed by atoms with E-state index >= 15 is 0 Å². The minimum atomic E-state index is -0.530. The fourth-order valence-electron chi connectivity index (χ4n) is 2.97. The smallest absolute Gasteiger partial charge is 0.184 e. The van der Waals surface area contributed by atoms with Crippen molar-refractivity contribution in [3.63, 3.8) is 0 Å². The SMILES string of the molecule is COCCOc1ccc(Cc2ncc(F)c(-n3cnc4ccc(N)cc43)n2)cc1. The van der Waals surface area contributed by atoms with Gasteiger partial charge in [0.2, 0.25) is 0 Å². The molecule has 0 saturated heterocycles. The first-order chi connectivity index (χ1) is 14.1. The Hall–Kier alpha value is -3.52. The molecule has 0 spiro atoms. The molecule has 7 nitrogen and oxygen atoms in total. The number of benzene rings is 2. The number of hydrogen-bond donors (Lipinski definition) is 1. The van der Waals surface area contributed by atoms with Gasteiger partial charge in [-0.3, -0.25) is 4.57 Å². The molecular formula is C21H20FN5O2. The van der Waals surface area contributed by atoms with Crippen molar-refractivity contribution in [1.82, 2.24) is 19.5 Å². The van der Waals surface area contributed by atoms with Crippen LogP contribution >= 0.6 is 0 Å². The highest BCUT2D eigenvalue weighted by Gasteiger charge is 2.13. The summed E-state index contributed by atoms with van der Waals surface area (Å²) >= 11 is 0. The fraction of sp³-hybridized carbons (Fsp3) is 0.190. The molecule has 0 radical (unpaired) electrons. The number of nitrogens with zero attached hydrogens (tertiary/aromatic N) is 4. The van der Waals surface area contributed by atoms with Gasteiger partial charge in [-0.2, -0.15) is 0 Å². The summed E-state index contributed by atoms with van der Waals surface area (Å²) < 4.78 is 26.6. The van der Waals surface area contributed by atoms with Gasteiger partial charge in [0.15, 0.2) is 11.6 Å². The topological polar surface area (TPSA) is 88.1 Å². The van der Waals surface area contributed by atoms with Gasteiger partial charge in [-0.05, 0) is 35.9 Å². The second-order valence-corrected chi connectivity index (χ2v) is 6.48. The van der Waals surface area contributed by atoms with E-state index in [1.54, 1.807) is 29.9 Å². The summed E-state index contributed by atoms with van der Waals surface area (Å²) in [5.74, 6) is 0.870. The van der Waals surface area contributed by atoms with E-state index < -0.39 is 5.82 Å². The molecule has 0 amide bonds. The zero-order valence-electron chi connectivity index (χ0n) is 15.9. The molecule has 0 atom stereocenters. The van der Waals surface area contributed by atoms with Crippen LogP contribution in [0.1, 0.15) is 11.4 Å². The lowest BCUT2D eigenvalue weighted by Crippen LogP contribution is -2.06. The number of imidazole rings is 1. The number of aromatic nitrogens is 4. The number of fused-ring (bicyclic) bond motifs is 1. The van der Waals surface area contributed by atoms with Crippen LogP contribution < -0.4 is 10.5 Å². The van der Waals surface area contributed by atoms with Crippen LogP contribution in [0.4, 0.5) is 10.1 Å². The average Bonchev–Trinajstić information content (AvgIpc) is 3.14. The van der Waals surface area contributed by atoms with Crippen molar-refractivity contribution in [3.05, 3.63) is 72.2 Å². The minimum absolute atomic E-state index is 0.141. The van der Waals surface area contributed by atoms with Crippen LogP contribution in [0.15, 0.2) is 55.0 Å². The third-order valence-corrected chi connectivity index (χ3v) is 4.42. The zero-order valence-corrected chi connectivity index (χ0v) is 15.9. The van der Waals surface area contributed by atoms with Gasteiger partial charge in [0.1, 0.15) is 24.5 Å². The summed E-state index contributed by atoms with van der Waals surface area (Å²) in [4.78, 5) is 12.8. The largest absolute Gasteiger partial charge is 0.491 e. The normalized spacial score (nSPS) is 11.1. The van der Waals surface area contributed by atoms with E-state index in [1.165, 1.54) is 12.5 Å². The Bertz CT molecular complexity index is 1130. The van der Waals surface area contributed by atoms with Crippen molar-refractivity contribution in [1.29, 1.82) is 0 Å². The van der Waals surface area contributed by atoms with E-state index in [0.29, 0.717) is 42.2 Å². The monoisotopic (exact) mass is 393 g/mol. The van der Waals surface area contributed by atoms with Gasteiger partial charge in [0.25, 0.3) is 0 Å². The van der Waals surface area contributed by atoms with Crippen LogP contribution in [-0.4, -0.2) is 39.8 Å². The van der Waals surface area contributed by atoms with Gasteiger partial charge in [-0.25, -0.2) is 19.3 Å². The Kier molecular flexibility index (Phi) is 5.35. The first-order valence-electron chi connectivity index (χ1n) is 9.09. The van der Waals surface area contributed by atoms with E-state index in [-0.39, 0.29) is 5.82 Å². The van der Waals surface area contributed by atoms with Crippen molar-refractivity contribution >= 4 is 16.7 Å². The lowest BCUT2D eigenvalue weighted by molar-refractivity contribution is 0.146. The van der Waals surface area contributed by atoms with Crippen molar-refractivity contribution < 1.29 is 13.9 Å². The van der Waals surface area contributed by atoms with Crippen molar-refractivity contribution in [2.75, 3.05) is 26.1 Å². The molecule has 0 aliphatic carbocycles. The summed E-state index contributed by atoms with van der Waals surface area (Å²) in [5, 5.41) is 0. The third-order valence-electron chi connectivity index (χ3n) is 4.42. The molecule has 2 aromatic carbocycles. The fourth-order valence-corrected chi connectivity index (χ4v) is 2.97. The maximum atomic E-state index is 14.5. The molecule has 0 aliphatic rings. The lowest BCUT2D eigenvalue weighted by Gasteiger charge is -2.09. The quantitative estimate of drug-likeness (QED) is 0.383. The molecule has 2 N–H and O–H groups in total. The van der Waals surface area contributed by atoms with Crippen molar-refractivity contribution in [2.24, 2.45) is 0 Å². The number of methoxy groups -OCH3 is 1. The van der Waals surface area contributed by atoms with Crippen LogP contribution in [0.5, 0.6) is 5.75 Å². The molecule has 148 valence electrons. The Balaban J connectivity index is 1.58. The van der Waals surface area contributed by atoms with Gasteiger partial charge in [-0.1, -0.05) is 12.1 Å². The highest BCUT2D eigenvalue weighted by molar-refractivity contribution is 5.80. The van der Waals surface area contributed by atoms with Gasteiger partial charge in [0.05, 0.1) is 23.8 Å². The predicted octanol–water partition coefficient (Wildman–Crippen LogP) is 3.15. The molecule has 8 heteroatoms. The summed E-state index contributed by atoms with van der Waals surface area (Å²) in [6.45, 7) is 1.02. The van der Waals surface area contributed by atoms with Gasteiger partial charge in [0, 0.05) is 19.2 Å². The van der Waals surface area contributed by atoms with Crippen LogP contribution in [0.2, 0.25) is 0 Å². The van der Waals surface area contributed by atoms with Crippen LogP contribution in [0.25, 0.3) is 16.9 Å². The van der Waals surface area contributed by atoms with Crippen molar-refractivity contribution in [2.45, 2.75) is 6.42 Å². The highest BCUT2D eigenvalue weighted by Crippen LogP contribution is 2.21. The number of hydrogen-bond acceptors (Lipinski definition) is 6. The van der Waals surface area contributed by atoms with Crippen molar-refractivity contribution in [3.8, 4) is 11.6 Å². The standard InChI is InChI=1S/C21H20FN5O2/c1-28-8-9-29-16-5-2-14(3-6-16)10-20-24-12-17(22)21(26-20)27-13-25-18-7-4-15(23)11-19(18)27/h2-7,11-13H,8-10,23H2,1H3. The molecule has 0 bridgehead atoms. The third kappa shape index (κ3) is 4.17. The zero-order chi connectivity index (χ0) is 20.2. The van der Waals surface area contributed by atoms with Gasteiger partial charge in [-0.15, -0.1) is 0 Å². The van der Waals surface area contributed by atoms with Gasteiger partial charge < -0.3 is 15.2 Å². The van der Waals surface area contributed by atoms with E-state index in [9.17, 15) is 4.39 Å². The van der Waals surface area contributed by atoms with Crippen LogP contribution in [-0.2, 0) is 11.2 Å². The van der Waals surface area contributed by atoms with Crippen LogP contribution in [0.3, 0.4) is 0 Å². The summed E-state index contributed by atoms with van der Waals surface area (Å²) in [6, 6.07) is 12.9. The highest BCUT2D eigenvalue weighted by atomic mass is 19.1. The molecule has 29 heavy (non-hydrogen) atoms. The van der Waals surface area contributed by atoms with E-state index in [2.05, 4.69) is 15.0 Å². The lowest BCUT2D eigenvalue weighted by atomic mass is 10.1. The average molecular weight is 393 g/mol. The van der Waals surface area contributed by atoms with E-state index in [1.807, 2.05) is 24.3 Å². The summed E-state index contributed by atoms with van der Waals surface area (Å²) in [6.07, 6.45) is 3.17. The summed E-state index contributed by atoms with van der Waals surface area (Å²) in [5.41, 5.74) is 8.82. The molecular weight excluding hydrogens is 373 g/mol. The van der Waals surface area contributed by atoms with Crippen LogP contribution in [0, 0.1) is 5.82 Å². The van der Waals surface area contributed by atoms with E-state index in [4.69, 9.17) is 15.2 Å². The number of nitrogens with two attached hydrogens (primary N) is 1. The molecule has 2 heterocycles. The Morgan fingerprint density at radius 1 is 1.07 bits per heavy atom. The molecule has 4 aromatic rings. The van der Waals surface area contributed by atoms with Gasteiger partial charge >= 0.3 is 0 Å². The first kappa shape index (κ1) is 18.8. The molecule has 0 fully saturated rings. The Morgan fingerprint density at radius 3 is 2.69 bits per heavy atom. The number of rotatable bonds is 7. The van der Waals surface area contributed by atoms with E-state index in [0.717, 1.165) is 11.3 Å². The Labute approximate surface area is 166 Å². The first-order valence-corrected chi connectivity index (χ1v) is 9.09. The molecule has 0 saturated carbocycles. The molecule has 0 aliphatic heterocycles. The molecule has 0 unspecified atom stereocenters. The number of anilines is 1.